The van der Waals surface area contributed by atoms with Gasteiger partial charge in [0.25, 0.3) is 5.95 Å². The number of anilines is 1. The molecule has 6 heteroatoms. The van der Waals surface area contributed by atoms with Crippen LogP contribution >= 0.6 is 11.6 Å². The summed E-state index contributed by atoms with van der Waals surface area (Å²) in [5.74, 6) is 0.633. The van der Waals surface area contributed by atoms with Crippen molar-refractivity contribution < 1.29 is 0 Å². The molecular formula is C11H14ClN5. The second-order valence-electron chi connectivity index (χ2n) is 4.25. The van der Waals surface area contributed by atoms with E-state index < -0.39 is 0 Å². The van der Waals surface area contributed by atoms with Crippen LogP contribution in [0.2, 0.25) is 5.02 Å². The first-order valence-corrected chi connectivity index (χ1v) is 6.22. The van der Waals surface area contributed by atoms with Crippen molar-refractivity contribution in [1.29, 1.82) is 0 Å². The standard InChI is InChI=1S/C11H14ClN5/c12-9-4-5-10-13-11(15-17(10)8-9)14-16-6-2-1-3-7-16/h4-5,8H,1-3,6-7H2,(H,14,15). The van der Waals surface area contributed by atoms with Gasteiger partial charge in [0, 0.05) is 19.3 Å². The zero-order chi connectivity index (χ0) is 11.7. The molecule has 5 nitrogen and oxygen atoms in total. The smallest absolute Gasteiger partial charge is 0.257 e. The van der Waals surface area contributed by atoms with E-state index in [-0.39, 0.29) is 0 Å². The Kier molecular flexibility index (Phi) is 2.86. The molecule has 3 rings (SSSR count). The predicted octanol–water partition coefficient (Wildman–Crippen LogP) is 2.20. The molecule has 2 aromatic heterocycles. The number of nitrogens with one attached hydrogen (secondary N) is 1. The Labute approximate surface area is 104 Å². The highest BCUT2D eigenvalue weighted by Gasteiger charge is 2.12. The number of pyridine rings is 1. The number of piperidine rings is 1. The van der Waals surface area contributed by atoms with Gasteiger partial charge < -0.3 is 0 Å². The molecule has 1 aliphatic rings. The number of fused-ring (bicyclic) bond motifs is 1. The highest BCUT2D eigenvalue weighted by atomic mass is 35.5. The van der Waals surface area contributed by atoms with E-state index in [4.69, 9.17) is 11.6 Å². The first-order chi connectivity index (χ1) is 8.31. The van der Waals surface area contributed by atoms with Crippen molar-refractivity contribution in [2.45, 2.75) is 19.3 Å². The molecule has 90 valence electrons. The van der Waals surface area contributed by atoms with Crippen molar-refractivity contribution in [1.82, 2.24) is 19.6 Å². The van der Waals surface area contributed by atoms with E-state index in [9.17, 15) is 0 Å². The lowest BCUT2D eigenvalue weighted by Crippen LogP contribution is -2.35. The van der Waals surface area contributed by atoms with Gasteiger partial charge in [-0.1, -0.05) is 18.0 Å². The number of hydrogen-bond acceptors (Lipinski definition) is 4. The van der Waals surface area contributed by atoms with E-state index in [2.05, 4.69) is 20.5 Å². The number of nitrogens with zero attached hydrogens (tertiary/aromatic N) is 4. The molecule has 0 atom stereocenters. The van der Waals surface area contributed by atoms with Crippen LogP contribution in [0.4, 0.5) is 5.95 Å². The van der Waals surface area contributed by atoms with Gasteiger partial charge in [-0.05, 0) is 25.0 Å². The van der Waals surface area contributed by atoms with Crippen molar-refractivity contribution in [2.24, 2.45) is 0 Å². The number of hydrogen-bond donors (Lipinski definition) is 1. The van der Waals surface area contributed by atoms with Crippen molar-refractivity contribution in [2.75, 3.05) is 18.5 Å². The van der Waals surface area contributed by atoms with Crippen molar-refractivity contribution in [3.63, 3.8) is 0 Å². The molecule has 17 heavy (non-hydrogen) atoms. The largest absolute Gasteiger partial charge is 0.286 e. The monoisotopic (exact) mass is 251 g/mol. The van der Waals surface area contributed by atoms with E-state index in [1.54, 1.807) is 10.7 Å². The summed E-state index contributed by atoms with van der Waals surface area (Å²) < 4.78 is 1.69. The van der Waals surface area contributed by atoms with Gasteiger partial charge in [0.05, 0.1) is 5.02 Å². The fourth-order valence-electron chi connectivity index (χ4n) is 2.05. The minimum atomic E-state index is 0.633. The summed E-state index contributed by atoms with van der Waals surface area (Å²) in [4.78, 5) is 4.39. The summed E-state index contributed by atoms with van der Waals surface area (Å²) in [5, 5.41) is 7.16. The van der Waals surface area contributed by atoms with E-state index in [0.717, 1.165) is 18.7 Å². The van der Waals surface area contributed by atoms with Crippen molar-refractivity contribution >= 4 is 23.2 Å². The Balaban J connectivity index is 1.80. The summed E-state index contributed by atoms with van der Waals surface area (Å²) in [6.07, 6.45) is 5.52. The third-order valence-electron chi connectivity index (χ3n) is 2.91. The van der Waals surface area contributed by atoms with E-state index >= 15 is 0 Å². The first kappa shape index (κ1) is 10.8. The third-order valence-corrected chi connectivity index (χ3v) is 3.13. The normalized spacial score (nSPS) is 17.5. The summed E-state index contributed by atoms with van der Waals surface area (Å²) in [6, 6.07) is 3.67. The molecule has 0 saturated carbocycles. The molecule has 0 amide bonds. The quantitative estimate of drug-likeness (QED) is 0.889. The lowest BCUT2D eigenvalue weighted by atomic mass is 10.2. The Morgan fingerprint density at radius 3 is 2.82 bits per heavy atom. The van der Waals surface area contributed by atoms with Gasteiger partial charge in [-0.15, -0.1) is 5.10 Å². The maximum Gasteiger partial charge on any atom is 0.257 e. The van der Waals surface area contributed by atoms with Crippen LogP contribution in [0.15, 0.2) is 18.3 Å². The second kappa shape index (κ2) is 4.50. The van der Waals surface area contributed by atoms with Gasteiger partial charge in [-0.25, -0.2) is 9.52 Å². The molecule has 0 unspecified atom stereocenters. The molecule has 0 radical (unpaired) electrons. The van der Waals surface area contributed by atoms with E-state index in [0.29, 0.717) is 11.0 Å². The summed E-state index contributed by atoms with van der Waals surface area (Å²) in [5.41, 5.74) is 4.04. The van der Waals surface area contributed by atoms with Crippen LogP contribution in [0.25, 0.3) is 5.65 Å². The maximum absolute atomic E-state index is 5.90. The van der Waals surface area contributed by atoms with Gasteiger partial charge in [-0.2, -0.15) is 4.98 Å². The summed E-state index contributed by atoms with van der Waals surface area (Å²) in [6.45, 7) is 2.10. The number of hydrazine groups is 1. The average Bonchev–Trinajstić information content (AvgIpc) is 2.71. The van der Waals surface area contributed by atoms with Gasteiger partial charge in [0.1, 0.15) is 0 Å². The summed E-state index contributed by atoms with van der Waals surface area (Å²) >= 11 is 5.90. The number of aromatic nitrogens is 3. The molecule has 0 aromatic carbocycles. The molecule has 0 aliphatic carbocycles. The second-order valence-corrected chi connectivity index (χ2v) is 4.68. The first-order valence-electron chi connectivity index (χ1n) is 5.85. The highest BCUT2D eigenvalue weighted by Crippen LogP contribution is 2.13. The Hall–Kier alpha value is -1.33. The Morgan fingerprint density at radius 1 is 1.18 bits per heavy atom. The molecule has 2 aromatic rings. The van der Waals surface area contributed by atoms with Crippen LogP contribution in [0.3, 0.4) is 0 Å². The number of rotatable bonds is 2. The lowest BCUT2D eigenvalue weighted by Gasteiger charge is -2.25. The molecule has 1 aliphatic heterocycles. The zero-order valence-electron chi connectivity index (χ0n) is 9.43. The fourth-order valence-corrected chi connectivity index (χ4v) is 2.21. The predicted molar refractivity (Wildman–Crippen MR) is 67.0 cm³/mol. The minimum absolute atomic E-state index is 0.633. The third kappa shape index (κ3) is 2.35. The van der Waals surface area contributed by atoms with E-state index in [1.807, 2.05) is 12.1 Å². The molecule has 3 heterocycles. The van der Waals surface area contributed by atoms with Crippen LogP contribution in [-0.2, 0) is 0 Å². The molecule has 1 N–H and O–H groups in total. The van der Waals surface area contributed by atoms with Crippen molar-refractivity contribution in [3.8, 4) is 0 Å². The molecule has 0 bridgehead atoms. The highest BCUT2D eigenvalue weighted by molar-refractivity contribution is 6.30. The van der Waals surface area contributed by atoms with Gasteiger partial charge in [0.2, 0.25) is 0 Å². The molecular weight excluding hydrogens is 238 g/mol. The topological polar surface area (TPSA) is 45.5 Å². The summed E-state index contributed by atoms with van der Waals surface area (Å²) in [7, 11) is 0. The van der Waals surface area contributed by atoms with Gasteiger partial charge in [0.15, 0.2) is 5.65 Å². The van der Waals surface area contributed by atoms with Crippen LogP contribution in [0.5, 0.6) is 0 Å². The Morgan fingerprint density at radius 2 is 2.00 bits per heavy atom. The molecule has 0 spiro atoms. The Bertz CT molecular complexity index is 518. The zero-order valence-corrected chi connectivity index (χ0v) is 10.2. The van der Waals surface area contributed by atoms with E-state index in [1.165, 1.54) is 19.3 Å². The average molecular weight is 252 g/mol. The van der Waals surface area contributed by atoms with Gasteiger partial charge in [-0.3, -0.25) is 5.43 Å². The molecule has 1 fully saturated rings. The van der Waals surface area contributed by atoms with Crippen LogP contribution in [0.1, 0.15) is 19.3 Å². The maximum atomic E-state index is 5.90. The number of halogens is 1. The molecule has 1 saturated heterocycles. The van der Waals surface area contributed by atoms with Crippen LogP contribution < -0.4 is 5.43 Å². The van der Waals surface area contributed by atoms with Crippen LogP contribution in [-0.4, -0.2) is 32.7 Å². The minimum Gasteiger partial charge on any atom is -0.286 e. The SMILES string of the molecule is Clc1ccc2nc(NN3CCCCC3)nn2c1. The lowest BCUT2D eigenvalue weighted by molar-refractivity contribution is 0.271. The van der Waals surface area contributed by atoms with Crippen LogP contribution in [0, 0.1) is 0 Å². The fraction of sp³-hybridized carbons (Fsp3) is 0.455. The van der Waals surface area contributed by atoms with Gasteiger partial charge >= 0.3 is 0 Å². The van der Waals surface area contributed by atoms with Crippen molar-refractivity contribution in [3.05, 3.63) is 23.4 Å².